The number of nitriles is 1. The number of nitrogens with zero attached hydrogens (tertiary/aromatic N) is 1. The molecule has 0 heterocycles. The van der Waals surface area contributed by atoms with Crippen molar-refractivity contribution in [2.45, 2.75) is 6.92 Å². The first-order valence-corrected chi connectivity index (χ1v) is 7.41. The van der Waals surface area contributed by atoms with Crippen LogP contribution in [0.25, 0.3) is 6.08 Å². The number of benzene rings is 2. The number of nitrogens with one attached hydrogen (secondary N) is 1. The van der Waals surface area contributed by atoms with Gasteiger partial charge in [-0.2, -0.15) is 5.26 Å². The lowest BCUT2D eigenvalue weighted by Gasteiger charge is -2.05. The molecule has 0 fully saturated rings. The fourth-order valence-corrected chi connectivity index (χ4v) is 2.00. The van der Waals surface area contributed by atoms with E-state index in [0.717, 1.165) is 11.3 Å². The molecule has 0 atom stereocenters. The smallest absolute Gasteiger partial charge is 0.266 e. The topological polar surface area (TPSA) is 62.1 Å². The third kappa shape index (κ3) is 4.87. The Morgan fingerprint density at radius 2 is 1.87 bits per heavy atom. The Morgan fingerprint density at radius 3 is 2.43 bits per heavy atom. The Bertz CT molecular complexity index is 744. The van der Waals surface area contributed by atoms with Crippen LogP contribution in [0.1, 0.15) is 12.5 Å². The molecule has 0 aliphatic carbocycles. The summed E-state index contributed by atoms with van der Waals surface area (Å²) in [5.41, 5.74) is 1.34. The lowest BCUT2D eigenvalue weighted by atomic mass is 10.1. The van der Waals surface area contributed by atoms with Crippen LogP contribution in [-0.2, 0) is 4.79 Å². The number of amides is 1. The first-order chi connectivity index (χ1) is 11.1. The Kier molecular flexibility index (Phi) is 5.79. The number of hydrogen-bond acceptors (Lipinski definition) is 3. The molecule has 0 aliphatic rings. The molecule has 2 rings (SSSR count). The highest BCUT2D eigenvalue weighted by atomic mass is 35.5. The zero-order valence-electron chi connectivity index (χ0n) is 12.5. The van der Waals surface area contributed by atoms with Crippen molar-refractivity contribution in [3.8, 4) is 11.8 Å². The molecule has 5 heteroatoms. The van der Waals surface area contributed by atoms with E-state index in [-0.39, 0.29) is 5.57 Å². The third-order valence-corrected chi connectivity index (χ3v) is 3.22. The number of rotatable bonds is 5. The van der Waals surface area contributed by atoms with E-state index >= 15 is 0 Å². The molecule has 2 aromatic rings. The monoisotopic (exact) mass is 326 g/mol. The molecular formula is C18H15ClN2O2. The summed E-state index contributed by atoms with van der Waals surface area (Å²) in [7, 11) is 0. The molecule has 1 amide bonds. The molecule has 1 N–H and O–H groups in total. The zero-order chi connectivity index (χ0) is 16.7. The highest BCUT2D eigenvalue weighted by molar-refractivity contribution is 6.30. The summed E-state index contributed by atoms with van der Waals surface area (Å²) in [6.07, 6.45) is 1.53. The molecule has 2 aromatic carbocycles. The minimum absolute atomic E-state index is 0.0177. The summed E-state index contributed by atoms with van der Waals surface area (Å²) in [6.45, 7) is 2.49. The second kappa shape index (κ2) is 8.02. The normalized spacial score (nSPS) is 10.7. The number of carbonyl (C=O) groups is 1. The van der Waals surface area contributed by atoms with Gasteiger partial charge in [0.25, 0.3) is 5.91 Å². The van der Waals surface area contributed by atoms with Crippen molar-refractivity contribution in [3.05, 3.63) is 64.7 Å². The molecule has 4 nitrogen and oxygen atoms in total. The molecule has 0 unspecified atom stereocenters. The molecule has 23 heavy (non-hydrogen) atoms. The Morgan fingerprint density at radius 1 is 1.22 bits per heavy atom. The predicted octanol–water partition coefficient (Wildman–Crippen LogP) is 4.28. The third-order valence-electron chi connectivity index (χ3n) is 2.97. The van der Waals surface area contributed by atoms with Gasteiger partial charge in [0, 0.05) is 10.7 Å². The molecule has 0 spiro atoms. The van der Waals surface area contributed by atoms with Gasteiger partial charge in [0.15, 0.2) is 0 Å². The molecule has 0 saturated carbocycles. The number of ether oxygens (including phenoxy) is 1. The minimum atomic E-state index is -0.469. The summed E-state index contributed by atoms with van der Waals surface area (Å²) in [6, 6.07) is 15.8. The predicted molar refractivity (Wildman–Crippen MR) is 91.3 cm³/mol. The summed E-state index contributed by atoms with van der Waals surface area (Å²) in [5.74, 6) is 0.275. The van der Waals surface area contributed by atoms with E-state index in [1.807, 2.05) is 13.0 Å². The summed E-state index contributed by atoms with van der Waals surface area (Å²) < 4.78 is 5.35. The summed E-state index contributed by atoms with van der Waals surface area (Å²) >= 11 is 5.79. The van der Waals surface area contributed by atoms with E-state index in [1.54, 1.807) is 48.5 Å². The van der Waals surface area contributed by atoms with Gasteiger partial charge in [0.05, 0.1) is 6.61 Å². The lowest BCUT2D eigenvalue weighted by Crippen LogP contribution is -2.13. The maximum absolute atomic E-state index is 12.1. The average Bonchev–Trinajstić information content (AvgIpc) is 2.56. The standard InChI is InChI=1S/C18H15ClN2O2/c1-2-23-17-9-3-13(4-10-17)11-14(12-20)18(22)21-16-7-5-15(19)6-8-16/h3-11H,2H2,1H3,(H,21,22)/b14-11+. The van der Waals surface area contributed by atoms with E-state index in [4.69, 9.17) is 16.3 Å². The van der Waals surface area contributed by atoms with Crippen molar-refractivity contribution in [1.29, 1.82) is 5.26 Å². The van der Waals surface area contributed by atoms with Crippen LogP contribution in [0.4, 0.5) is 5.69 Å². The van der Waals surface area contributed by atoms with Crippen molar-refractivity contribution in [1.82, 2.24) is 0 Å². The molecule has 0 radical (unpaired) electrons. The van der Waals surface area contributed by atoms with Crippen molar-refractivity contribution >= 4 is 29.3 Å². The van der Waals surface area contributed by atoms with Crippen molar-refractivity contribution in [2.75, 3.05) is 11.9 Å². The van der Waals surface area contributed by atoms with Crippen LogP contribution in [0.3, 0.4) is 0 Å². The van der Waals surface area contributed by atoms with Gasteiger partial charge in [-0.1, -0.05) is 23.7 Å². The van der Waals surface area contributed by atoms with E-state index in [2.05, 4.69) is 5.32 Å². The highest BCUT2D eigenvalue weighted by Crippen LogP contribution is 2.17. The average molecular weight is 327 g/mol. The largest absolute Gasteiger partial charge is 0.494 e. The van der Waals surface area contributed by atoms with Gasteiger partial charge < -0.3 is 10.1 Å². The van der Waals surface area contributed by atoms with Crippen molar-refractivity contribution in [3.63, 3.8) is 0 Å². The number of anilines is 1. The van der Waals surface area contributed by atoms with Crippen LogP contribution in [0.15, 0.2) is 54.1 Å². The Hall–Kier alpha value is -2.77. The van der Waals surface area contributed by atoms with Gasteiger partial charge in [0.1, 0.15) is 17.4 Å². The zero-order valence-corrected chi connectivity index (χ0v) is 13.3. The van der Waals surface area contributed by atoms with Gasteiger partial charge in [-0.3, -0.25) is 4.79 Å². The minimum Gasteiger partial charge on any atom is -0.494 e. The SMILES string of the molecule is CCOc1ccc(/C=C(\C#N)C(=O)Nc2ccc(Cl)cc2)cc1. The molecule has 0 aromatic heterocycles. The van der Waals surface area contributed by atoms with Gasteiger partial charge in [-0.15, -0.1) is 0 Å². The van der Waals surface area contributed by atoms with E-state index in [9.17, 15) is 10.1 Å². The van der Waals surface area contributed by atoms with E-state index < -0.39 is 5.91 Å². The van der Waals surface area contributed by atoms with Gasteiger partial charge >= 0.3 is 0 Å². The Balaban J connectivity index is 2.12. The molecule has 0 saturated heterocycles. The van der Waals surface area contributed by atoms with Crippen molar-refractivity contribution in [2.24, 2.45) is 0 Å². The second-order valence-electron chi connectivity index (χ2n) is 4.63. The first kappa shape index (κ1) is 16.6. The van der Waals surface area contributed by atoms with Crippen LogP contribution >= 0.6 is 11.6 Å². The first-order valence-electron chi connectivity index (χ1n) is 7.04. The quantitative estimate of drug-likeness (QED) is 0.658. The maximum atomic E-state index is 12.1. The van der Waals surface area contributed by atoms with Crippen LogP contribution in [0.5, 0.6) is 5.75 Å². The van der Waals surface area contributed by atoms with Gasteiger partial charge in [-0.05, 0) is 55.0 Å². The lowest BCUT2D eigenvalue weighted by molar-refractivity contribution is -0.112. The van der Waals surface area contributed by atoms with Crippen LogP contribution in [-0.4, -0.2) is 12.5 Å². The molecule has 0 aliphatic heterocycles. The van der Waals surface area contributed by atoms with Gasteiger partial charge in [-0.25, -0.2) is 0 Å². The van der Waals surface area contributed by atoms with Crippen LogP contribution in [0.2, 0.25) is 5.02 Å². The maximum Gasteiger partial charge on any atom is 0.266 e. The fraction of sp³-hybridized carbons (Fsp3) is 0.111. The Labute approximate surface area is 140 Å². The molecule has 116 valence electrons. The summed E-state index contributed by atoms with van der Waals surface area (Å²) in [5, 5.41) is 12.4. The number of halogens is 1. The number of hydrogen-bond donors (Lipinski definition) is 1. The summed E-state index contributed by atoms with van der Waals surface area (Å²) in [4.78, 5) is 12.1. The highest BCUT2D eigenvalue weighted by Gasteiger charge is 2.09. The van der Waals surface area contributed by atoms with Gasteiger partial charge in [0.2, 0.25) is 0 Å². The second-order valence-corrected chi connectivity index (χ2v) is 5.07. The number of carbonyl (C=O) groups excluding carboxylic acids is 1. The fourth-order valence-electron chi connectivity index (χ4n) is 1.87. The molecule has 0 bridgehead atoms. The van der Waals surface area contributed by atoms with E-state index in [1.165, 1.54) is 6.08 Å². The van der Waals surface area contributed by atoms with Crippen LogP contribution in [0, 0.1) is 11.3 Å². The van der Waals surface area contributed by atoms with Crippen molar-refractivity contribution < 1.29 is 9.53 Å². The molecular weight excluding hydrogens is 312 g/mol. The van der Waals surface area contributed by atoms with E-state index in [0.29, 0.717) is 17.3 Å². The van der Waals surface area contributed by atoms with Crippen LogP contribution < -0.4 is 10.1 Å².